The second kappa shape index (κ2) is 10.2. The van der Waals surface area contributed by atoms with Gasteiger partial charge in [-0.3, -0.25) is 0 Å². The molecule has 2 aromatic carbocycles. The van der Waals surface area contributed by atoms with Gasteiger partial charge in [0, 0.05) is 19.4 Å². The molecule has 0 amide bonds. The number of benzene rings is 2. The van der Waals surface area contributed by atoms with Crippen molar-refractivity contribution in [3.63, 3.8) is 0 Å². The van der Waals surface area contributed by atoms with E-state index in [1.807, 2.05) is 0 Å². The lowest BCUT2D eigenvalue weighted by Gasteiger charge is -2.27. The molecule has 0 bridgehead atoms. The molecule has 0 aliphatic carbocycles. The first-order valence-corrected chi connectivity index (χ1v) is 11.5. The van der Waals surface area contributed by atoms with Gasteiger partial charge in [-0.2, -0.15) is 0 Å². The number of thioether (sulfide) groups is 1. The normalized spacial score (nSPS) is 14.1. The van der Waals surface area contributed by atoms with Gasteiger partial charge in [0.15, 0.2) is 0 Å². The summed E-state index contributed by atoms with van der Waals surface area (Å²) in [6.45, 7) is 9.29. The van der Waals surface area contributed by atoms with Crippen LogP contribution >= 0.6 is 43.6 Å². The third kappa shape index (κ3) is 7.11. The lowest BCUT2D eigenvalue weighted by atomic mass is 10.0. The first kappa shape index (κ1) is 21.1. The maximum absolute atomic E-state index is 3.56. The van der Waals surface area contributed by atoms with Gasteiger partial charge in [-0.15, -0.1) is 11.8 Å². The molecule has 0 saturated heterocycles. The highest BCUT2D eigenvalue weighted by molar-refractivity contribution is 9.10. The number of rotatable bonds is 8. The van der Waals surface area contributed by atoms with Crippen molar-refractivity contribution in [2.24, 2.45) is 11.8 Å². The zero-order chi connectivity index (χ0) is 18.4. The first-order valence-electron chi connectivity index (χ1n) is 9.01. The Bertz CT molecular complexity index is 575. The van der Waals surface area contributed by atoms with Gasteiger partial charge in [0.05, 0.1) is 0 Å². The molecule has 3 heteroatoms. The fourth-order valence-corrected chi connectivity index (χ4v) is 5.50. The standard InChI is InChI=1S/C22H28Br2S/c1-15(2)13-21(17-5-9-19(23)10-6-17)25-22(14-16(3)4)18-7-11-20(24)12-8-18/h5-12,15-16,21-22H,13-14H2,1-4H3. The minimum atomic E-state index is 0.528. The monoisotopic (exact) mass is 482 g/mol. The molecule has 0 saturated carbocycles. The average molecular weight is 484 g/mol. The van der Waals surface area contributed by atoms with Crippen molar-refractivity contribution in [1.29, 1.82) is 0 Å². The zero-order valence-electron chi connectivity index (χ0n) is 15.5. The molecule has 0 fully saturated rings. The quantitative estimate of drug-likeness (QED) is 0.361. The van der Waals surface area contributed by atoms with E-state index < -0.39 is 0 Å². The summed E-state index contributed by atoms with van der Waals surface area (Å²) in [5.74, 6) is 1.37. The Morgan fingerprint density at radius 2 is 0.960 bits per heavy atom. The van der Waals surface area contributed by atoms with E-state index in [4.69, 9.17) is 0 Å². The molecule has 0 aromatic heterocycles. The van der Waals surface area contributed by atoms with Crippen LogP contribution in [-0.4, -0.2) is 0 Å². The van der Waals surface area contributed by atoms with Gasteiger partial charge in [-0.05, 0) is 60.1 Å². The molecule has 0 aliphatic rings. The highest BCUT2D eigenvalue weighted by Gasteiger charge is 2.22. The van der Waals surface area contributed by atoms with Gasteiger partial charge < -0.3 is 0 Å². The Morgan fingerprint density at radius 1 is 0.640 bits per heavy atom. The van der Waals surface area contributed by atoms with E-state index in [0.29, 0.717) is 22.3 Å². The largest absolute Gasteiger partial charge is 0.146 e. The van der Waals surface area contributed by atoms with E-state index in [9.17, 15) is 0 Å². The van der Waals surface area contributed by atoms with Gasteiger partial charge in [0.25, 0.3) is 0 Å². The summed E-state index contributed by atoms with van der Waals surface area (Å²) >= 11 is 9.26. The molecule has 0 nitrogen and oxygen atoms in total. The zero-order valence-corrected chi connectivity index (χ0v) is 19.5. The second-order valence-corrected chi connectivity index (χ2v) is 10.7. The molecular weight excluding hydrogens is 456 g/mol. The molecule has 0 radical (unpaired) electrons. The number of hydrogen-bond acceptors (Lipinski definition) is 1. The molecule has 2 atom stereocenters. The fraction of sp³-hybridized carbons (Fsp3) is 0.455. The smallest absolute Gasteiger partial charge is 0.0305 e. The molecule has 136 valence electrons. The van der Waals surface area contributed by atoms with Gasteiger partial charge in [0.2, 0.25) is 0 Å². The van der Waals surface area contributed by atoms with Crippen molar-refractivity contribution in [2.75, 3.05) is 0 Å². The molecule has 2 rings (SSSR count). The summed E-state index contributed by atoms with van der Waals surface area (Å²) in [5, 5.41) is 1.06. The molecule has 0 spiro atoms. The van der Waals surface area contributed by atoms with E-state index >= 15 is 0 Å². The average Bonchev–Trinajstić information content (AvgIpc) is 2.54. The minimum Gasteiger partial charge on any atom is -0.146 e. The van der Waals surface area contributed by atoms with Crippen LogP contribution in [-0.2, 0) is 0 Å². The highest BCUT2D eigenvalue weighted by Crippen LogP contribution is 2.46. The molecule has 0 heterocycles. The van der Waals surface area contributed by atoms with Crippen molar-refractivity contribution < 1.29 is 0 Å². The van der Waals surface area contributed by atoms with E-state index in [0.717, 1.165) is 8.95 Å². The Hall–Kier alpha value is -0.250. The third-order valence-electron chi connectivity index (χ3n) is 4.18. The SMILES string of the molecule is CC(C)CC(SC(CC(C)C)c1ccc(Br)cc1)c1ccc(Br)cc1. The number of hydrogen-bond donors (Lipinski definition) is 0. The number of halogens is 2. The van der Waals surface area contributed by atoms with Crippen LogP contribution in [0.25, 0.3) is 0 Å². The Kier molecular flexibility index (Phi) is 8.57. The van der Waals surface area contributed by atoms with Crippen molar-refractivity contribution in [1.82, 2.24) is 0 Å². The van der Waals surface area contributed by atoms with Crippen molar-refractivity contribution in [3.8, 4) is 0 Å². The van der Waals surface area contributed by atoms with Crippen LogP contribution in [0.3, 0.4) is 0 Å². The van der Waals surface area contributed by atoms with Crippen LogP contribution < -0.4 is 0 Å². The summed E-state index contributed by atoms with van der Waals surface area (Å²) in [7, 11) is 0. The highest BCUT2D eigenvalue weighted by atomic mass is 79.9. The molecule has 0 aliphatic heterocycles. The van der Waals surface area contributed by atoms with Gasteiger partial charge in [-0.1, -0.05) is 83.8 Å². The summed E-state index contributed by atoms with van der Waals surface area (Å²) in [6.07, 6.45) is 2.41. The van der Waals surface area contributed by atoms with E-state index in [1.54, 1.807) is 0 Å². The van der Waals surface area contributed by atoms with Crippen molar-refractivity contribution in [2.45, 2.75) is 51.0 Å². The molecule has 2 unspecified atom stereocenters. The van der Waals surface area contributed by atoms with E-state index in [-0.39, 0.29) is 0 Å². The predicted molar refractivity (Wildman–Crippen MR) is 120 cm³/mol. The first-order chi connectivity index (χ1) is 11.8. The van der Waals surface area contributed by atoms with E-state index in [1.165, 1.54) is 24.0 Å². The Balaban J connectivity index is 2.26. The lowest BCUT2D eigenvalue weighted by molar-refractivity contribution is 0.562. The molecule has 0 N–H and O–H groups in total. The van der Waals surface area contributed by atoms with Crippen LogP contribution in [0.1, 0.15) is 62.2 Å². The summed E-state index contributed by atoms with van der Waals surface area (Å²) in [4.78, 5) is 0. The predicted octanol–water partition coefficient (Wildman–Crippen LogP) is 8.82. The lowest BCUT2D eigenvalue weighted by Crippen LogP contribution is -2.06. The molecule has 2 aromatic rings. The topological polar surface area (TPSA) is 0 Å². The van der Waals surface area contributed by atoms with Gasteiger partial charge in [-0.25, -0.2) is 0 Å². The van der Waals surface area contributed by atoms with Crippen LogP contribution in [0.4, 0.5) is 0 Å². The second-order valence-electron chi connectivity index (χ2n) is 7.48. The van der Waals surface area contributed by atoms with Crippen LogP contribution in [0.2, 0.25) is 0 Å². The Labute approximate surface area is 174 Å². The maximum Gasteiger partial charge on any atom is 0.0305 e. The third-order valence-corrected chi connectivity index (χ3v) is 6.83. The van der Waals surface area contributed by atoms with Crippen molar-refractivity contribution in [3.05, 3.63) is 68.6 Å². The minimum absolute atomic E-state index is 0.528. The van der Waals surface area contributed by atoms with Gasteiger partial charge >= 0.3 is 0 Å². The maximum atomic E-state index is 3.56. The van der Waals surface area contributed by atoms with E-state index in [2.05, 4.69) is 120 Å². The summed E-state index contributed by atoms with van der Waals surface area (Å²) in [5.41, 5.74) is 2.88. The fourth-order valence-electron chi connectivity index (χ4n) is 2.95. The van der Waals surface area contributed by atoms with Crippen LogP contribution in [0.5, 0.6) is 0 Å². The molecule has 25 heavy (non-hydrogen) atoms. The van der Waals surface area contributed by atoms with Crippen molar-refractivity contribution >= 4 is 43.6 Å². The van der Waals surface area contributed by atoms with Crippen LogP contribution in [0, 0.1) is 11.8 Å². The molecular formula is C22H28Br2S. The van der Waals surface area contributed by atoms with Crippen LogP contribution in [0.15, 0.2) is 57.5 Å². The Morgan fingerprint density at radius 3 is 1.24 bits per heavy atom. The summed E-state index contributed by atoms with van der Waals surface area (Å²) in [6, 6.07) is 17.8. The van der Waals surface area contributed by atoms with Gasteiger partial charge in [0.1, 0.15) is 0 Å². The summed E-state index contributed by atoms with van der Waals surface area (Å²) < 4.78 is 2.30.